The molecule has 1 nitrogen and oxygen atoms in total. The molecule has 1 aromatic rings. The Hall–Kier alpha value is -0.760. The quantitative estimate of drug-likeness (QED) is 0.708. The molecule has 1 aromatic carbocycles. The number of halogens is 2. The minimum Gasteiger partial charge on any atom is -0.491 e. The summed E-state index contributed by atoms with van der Waals surface area (Å²) in [5, 5.41) is 0.386. The molecule has 0 bridgehead atoms. The second kappa shape index (κ2) is 4.31. The first-order chi connectivity index (χ1) is 5.74. The lowest BCUT2D eigenvalue weighted by atomic mass is 10.3. The van der Waals surface area contributed by atoms with E-state index in [1.165, 1.54) is 12.1 Å². The van der Waals surface area contributed by atoms with Crippen molar-refractivity contribution in [1.29, 1.82) is 0 Å². The zero-order valence-corrected chi connectivity index (χ0v) is 7.57. The van der Waals surface area contributed by atoms with Crippen LogP contribution >= 0.6 is 11.6 Å². The first kappa shape index (κ1) is 9.33. The van der Waals surface area contributed by atoms with Gasteiger partial charge in [0.25, 0.3) is 0 Å². The fraction of sp³-hybridized carbons (Fsp3) is 0.333. The minimum absolute atomic E-state index is 0.265. The third-order valence-electron chi connectivity index (χ3n) is 1.36. The summed E-state index contributed by atoms with van der Waals surface area (Å²) in [6, 6.07) is 4.38. The molecule has 0 saturated carbocycles. The summed E-state index contributed by atoms with van der Waals surface area (Å²) in [4.78, 5) is 0. The Labute approximate surface area is 76.1 Å². The van der Waals surface area contributed by atoms with Gasteiger partial charge in [-0.15, -0.1) is 0 Å². The van der Waals surface area contributed by atoms with Crippen molar-refractivity contribution in [3.63, 3.8) is 0 Å². The van der Waals surface area contributed by atoms with Gasteiger partial charge in [0.1, 0.15) is 0 Å². The molecular weight excluding hydrogens is 179 g/mol. The zero-order chi connectivity index (χ0) is 8.97. The second-order valence-electron chi connectivity index (χ2n) is 2.42. The van der Waals surface area contributed by atoms with Crippen molar-refractivity contribution >= 4 is 11.6 Å². The molecule has 0 aliphatic rings. The summed E-state index contributed by atoms with van der Waals surface area (Å²) in [5.41, 5.74) is 0. The van der Waals surface area contributed by atoms with Gasteiger partial charge >= 0.3 is 0 Å². The van der Waals surface area contributed by atoms with Crippen LogP contribution in [0.5, 0.6) is 5.75 Å². The maximum absolute atomic E-state index is 13.0. The molecule has 0 unspecified atom stereocenters. The third-order valence-corrected chi connectivity index (χ3v) is 1.59. The molecule has 66 valence electrons. The number of rotatable bonds is 3. The van der Waals surface area contributed by atoms with Gasteiger partial charge in [0.2, 0.25) is 0 Å². The lowest BCUT2D eigenvalue weighted by Gasteiger charge is -2.04. The van der Waals surface area contributed by atoms with Crippen molar-refractivity contribution in [3.05, 3.63) is 29.0 Å². The highest BCUT2D eigenvalue weighted by Crippen LogP contribution is 2.20. The highest BCUT2D eigenvalue weighted by atomic mass is 35.5. The van der Waals surface area contributed by atoms with Gasteiger partial charge in [-0.3, -0.25) is 0 Å². The monoisotopic (exact) mass is 188 g/mol. The minimum atomic E-state index is -0.407. The maximum atomic E-state index is 13.0. The van der Waals surface area contributed by atoms with Gasteiger partial charge in [0.05, 0.1) is 6.61 Å². The number of hydrogen-bond donors (Lipinski definition) is 0. The molecule has 12 heavy (non-hydrogen) atoms. The lowest BCUT2D eigenvalue weighted by molar-refractivity contribution is 0.301. The molecule has 0 fully saturated rings. The van der Waals surface area contributed by atoms with Gasteiger partial charge < -0.3 is 4.74 Å². The topological polar surface area (TPSA) is 9.23 Å². The van der Waals surface area contributed by atoms with Crippen LogP contribution in [0.3, 0.4) is 0 Å². The predicted octanol–water partition coefficient (Wildman–Crippen LogP) is 3.27. The Kier molecular flexibility index (Phi) is 3.35. The molecule has 0 heterocycles. The van der Waals surface area contributed by atoms with Gasteiger partial charge in [0.15, 0.2) is 11.6 Å². The van der Waals surface area contributed by atoms with Crippen LogP contribution in [-0.2, 0) is 0 Å². The molecule has 3 heteroatoms. The van der Waals surface area contributed by atoms with E-state index in [-0.39, 0.29) is 5.75 Å². The molecule has 0 aliphatic heterocycles. The van der Waals surface area contributed by atoms with E-state index in [0.717, 1.165) is 6.42 Å². The summed E-state index contributed by atoms with van der Waals surface area (Å²) in [6.07, 6.45) is 0.863. The van der Waals surface area contributed by atoms with Crippen molar-refractivity contribution < 1.29 is 9.13 Å². The van der Waals surface area contributed by atoms with Crippen LogP contribution in [0.4, 0.5) is 4.39 Å². The van der Waals surface area contributed by atoms with Crippen molar-refractivity contribution in [2.45, 2.75) is 13.3 Å². The van der Waals surface area contributed by atoms with Crippen molar-refractivity contribution in [1.82, 2.24) is 0 Å². The van der Waals surface area contributed by atoms with Crippen LogP contribution in [0.25, 0.3) is 0 Å². The Morgan fingerprint density at radius 1 is 1.50 bits per heavy atom. The third kappa shape index (κ3) is 2.38. The van der Waals surface area contributed by atoms with Crippen molar-refractivity contribution in [2.75, 3.05) is 6.61 Å². The van der Waals surface area contributed by atoms with E-state index >= 15 is 0 Å². The second-order valence-corrected chi connectivity index (χ2v) is 2.86. The summed E-state index contributed by atoms with van der Waals surface area (Å²) in [5.74, 6) is -0.141. The largest absolute Gasteiger partial charge is 0.491 e. The van der Waals surface area contributed by atoms with Crippen molar-refractivity contribution in [3.8, 4) is 5.75 Å². The molecule has 0 saturated heterocycles. The summed E-state index contributed by atoms with van der Waals surface area (Å²) in [7, 11) is 0. The van der Waals surface area contributed by atoms with Gasteiger partial charge in [-0.1, -0.05) is 18.5 Å². The van der Waals surface area contributed by atoms with Crippen LogP contribution in [-0.4, -0.2) is 6.61 Å². The molecule has 0 aliphatic carbocycles. The Bertz CT molecular complexity index is 263. The van der Waals surface area contributed by atoms with Crippen LogP contribution in [0, 0.1) is 5.82 Å². The van der Waals surface area contributed by atoms with Gasteiger partial charge in [0, 0.05) is 5.02 Å². The van der Waals surface area contributed by atoms with Crippen molar-refractivity contribution in [2.24, 2.45) is 0 Å². The maximum Gasteiger partial charge on any atom is 0.166 e. The number of ether oxygens (including phenoxy) is 1. The van der Waals surface area contributed by atoms with E-state index in [4.69, 9.17) is 16.3 Å². The van der Waals surface area contributed by atoms with E-state index in [1.54, 1.807) is 6.07 Å². The molecular formula is C9H10ClFO. The summed E-state index contributed by atoms with van der Waals surface area (Å²) in [6.45, 7) is 2.49. The normalized spacial score (nSPS) is 9.92. The van der Waals surface area contributed by atoms with E-state index in [2.05, 4.69) is 0 Å². The average Bonchev–Trinajstić information content (AvgIpc) is 2.03. The van der Waals surface area contributed by atoms with Gasteiger partial charge in [-0.2, -0.15) is 0 Å². The first-order valence-corrected chi connectivity index (χ1v) is 4.19. The smallest absolute Gasteiger partial charge is 0.166 e. The Morgan fingerprint density at radius 2 is 2.25 bits per heavy atom. The van der Waals surface area contributed by atoms with Crippen LogP contribution in [0.2, 0.25) is 5.02 Å². The highest BCUT2D eigenvalue weighted by Gasteiger charge is 2.02. The lowest BCUT2D eigenvalue weighted by Crippen LogP contribution is -1.96. The molecule has 1 rings (SSSR count). The molecule has 0 N–H and O–H groups in total. The van der Waals surface area contributed by atoms with E-state index in [1.807, 2.05) is 6.92 Å². The summed E-state index contributed by atoms with van der Waals surface area (Å²) >= 11 is 5.56. The van der Waals surface area contributed by atoms with Gasteiger partial charge in [-0.25, -0.2) is 4.39 Å². The highest BCUT2D eigenvalue weighted by molar-refractivity contribution is 6.30. The predicted molar refractivity (Wildman–Crippen MR) is 47.2 cm³/mol. The number of hydrogen-bond acceptors (Lipinski definition) is 1. The SMILES string of the molecule is CCCOc1ccc(Cl)cc1F. The van der Waals surface area contributed by atoms with Crippen LogP contribution in [0.1, 0.15) is 13.3 Å². The van der Waals surface area contributed by atoms with E-state index in [0.29, 0.717) is 11.6 Å². The van der Waals surface area contributed by atoms with Gasteiger partial charge in [-0.05, 0) is 24.6 Å². The molecule has 0 amide bonds. The first-order valence-electron chi connectivity index (χ1n) is 3.82. The summed E-state index contributed by atoms with van der Waals surface area (Å²) < 4.78 is 18.1. The molecule has 0 spiro atoms. The van der Waals surface area contributed by atoms with E-state index in [9.17, 15) is 4.39 Å². The molecule has 0 radical (unpaired) electrons. The Balaban J connectivity index is 2.72. The standard InChI is InChI=1S/C9H10ClFO/c1-2-5-12-9-4-3-7(10)6-8(9)11/h3-4,6H,2,5H2,1H3. The zero-order valence-electron chi connectivity index (χ0n) is 6.81. The van der Waals surface area contributed by atoms with Crippen LogP contribution in [0.15, 0.2) is 18.2 Å². The van der Waals surface area contributed by atoms with E-state index < -0.39 is 5.82 Å². The fourth-order valence-electron chi connectivity index (χ4n) is 0.804. The van der Waals surface area contributed by atoms with Crippen LogP contribution < -0.4 is 4.74 Å². The molecule has 0 aromatic heterocycles. The number of benzene rings is 1. The average molecular weight is 189 g/mol. The Morgan fingerprint density at radius 3 is 2.83 bits per heavy atom. The fourth-order valence-corrected chi connectivity index (χ4v) is 0.963. The molecule has 0 atom stereocenters.